The van der Waals surface area contributed by atoms with E-state index in [-0.39, 0.29) is 0 Å². The molecule has 0 rings (SSSR count). The molecule has 0 unspecified atom stereocenters. The van der Waals surface area contributed by atoms with Gasteiger partial charge in [0.25, 0.3) is 10.0 Å². The number of sulfonamides is 1. The summed E-state index contributed by atoms with van der Waals surface area (Å²) in [4.78, 5) is 10.7. The van der Waals surface area contributed by atoms with Gasteiger partial charge in [0.2, 0.25) is 0 Å². The van der Waals surface area contributed by atoms with Crippen LogP contribution in [0.3, 0.4) is 0 Å². The lowest BCUT2D eigenvalue weighted by Gasteiger charge is -2.42. The molecule has 0 bridgehead atoms. The van der Waals surface area contributed by atoms with Crippen LogP contribution in [0.1, 0.15) is 13.7 Å². The molecule has 5 nitrogen and oxygen atoms in total. The molecule has 0 aromatic carbocycles. The van der Waals surface area contributed by atoms with Crippen LogP contribution in [0, 0.1) is 0 Å². The van der Waals surface area contributed by atoms with Crippen LogP contribution in [0.5, 0.6) is 0 Å². The smallest absolute Gasteiger partial charge is 0.460 e. The van der Waals surface area contributed by atoms with E-state index in [1.807, 2.05) is 0 Å². The molecule has 0 aliphatic rings. The molecule has 35 heavy (non-hydrogen) atoms. The number of alkyl halides is 17. The molecule has 210 valence electrons. The van der Waals surface area contributed by atoms with Gasteiger partial charge in [0.1, 0.15) is 6.54 Å². The van der Waals surface area contributed by atoms with Crippen molar-refractivity contribution in [1.29, 1.82) is 0 Å². The van der Waals surface area contributed by atoms with Gasteiger partial charge >= 0.3 is 52.9 Å². The van der Waals surface area contributed by atoms with E-state index < -0.39 is 87.2 Å². The molecular formula is C12H8F17NO4S. The van der Waals surface area contributed by atoms with E-state index in [0.717, 1.165) is 0 Å². The van der Waals surface area contributed by atoms with E-state index in [0.29, 0.717) is 0 Å². The van der Waals surface area contributed by atoms with E-state index in [2.05, 4.69) is 0 Å². The molecule has 0 aromatic heterocycles. The SMILES string of the molecule is [2H]C([2H])([2H])C([2H])([2H])N(CC(=O)O)S(=O)(=O)C(F)(F)C(F)(F)C(F)(F)C(F)(F)C(F)(F)C(F)(F)C(F)(F)C(F)(F)F. The Morgan fingerprint density at radius 1 is 0.714 bits per heavy atom. The van der Waals surface area contributed by atoms with E-state index in [9.17, 15) is 87.8 Å². The van der Waals surface area contributed by atoms with E-state index in [1.54, 1.807) is 0 Å². The van der Waals surface area contributed by atoms with Crippen LogP contribution in [0.2, 0.25) is 0 Å². The van der Waals surface area contributed by atoms with Gasteiger partial charge in [0.15, 0.2) is 0 Å². The Morgan fingerprint density at radius 3 is 1.31 bits per heavy atom. The fourth-order valence-electron chi connectivity index (χ4n) is 1.76. The highest BCUT2D eigenvalue weighted by molar-refractivity contribution is 7.90. The maximum Gasteiger partial charge on any atom is 0.460 e. The number of aliphatic carboxylic acids is 1. The molecule has 0 spiro atoms. The second kappa shape index (κ2) is 8.64. The van der Waals surface area contributed by atoms with Gasteiger partial charge in [-0.05, 0) is 0 Å². The van der Waals surface area contributed by atoms with Crippen molar-refractivity contribution in [3.8, 4) is 0 Å². The third kappa shape index (κ3) is 4.34. The van der Waals surface area contributed by atoms with Crippen LogP contribution >= 0.6 is 0 Å². The molecular weight excluding hydrogens is 577 g/mol. The lowest BCUT2D eigenvalue weighted by atomic mass is 9.91. The van der Waals surface area contributed by atoms with Crippen molar-refractivity contribution in [2.45, 2.75) is 53.8 Å². The molecule has 0 aliphatic carbocycles. The number of hydrogen-bond donors (Lipinski definition) is 1. The summed E-state index contributed by atoms with van der Waals surface area (Å²) in [5.74, 6) is -56.6. The van der Waals surface area contributed by atoms with Gasteiger partial charge in [-0.3, -0.25) is 4.79 Å². The van der Waals surface area contributed by atoms with E-state index in [4.69, 9.17) is 12.0 Å². The van der Waals surface area contributed by atoms with Crippen molar-refractivity contribution in [2.24, 2.45) is 0 Å². The fourth-order valence-corrected chi connectivity index (χ4v) is 2.89. The number of carboxylic acid groups (broad SMARTS) is 1. The zero-order chi connectivity index (χ0) is 33.4. The van der Waals surface area contributed by atoms with Gasteiger partial charge < -0.3 is 5.11 Å². The predicted octanol–water partition coefficient (Wildman–Crippen LogP) is 4.69. The number of halogens is 17. The summed E-state index contributed by atoms with van der Waals surface area (Å²) in [7, 11) is -8.51. The summed E-state index contributed by atoms with van der Waals surface area (Å²) in [6, 6.07) is 0. The first-order chi connectivity index (χ1) is 16.8. The fraction of sp³-hybridized carbons (Fsp3) is 0.917. The zero-order valence-electron chi connectivity index (χ0n) is 20.2. The first kappa shape index (κ1) is 24.9. The van der Waals surface area contributed by atoms with Crippen molar-refractivity contribution >= 4 is 16.0 Å². The molecule has 23 heteroatoms. The molecule has 0 fully saturated rings. The standard InChI is InChI=1S/C12H8F17NO4S/c1-2-30(3-4(31)32)35(33,34)12(28,29)10(23,24)8(19,20)6(15,16)5(13,14)7(17,18)9(21,22)11(25,26)27/h2-3H2,1H3,(H,31,32)/i1D3,2D2. The summed E-state index contributed by atoms with van der Waals surface area (Å²) in [6.45, 7) is -13.0. The van der Waals surface area contributed by atoms with Gasteiger partial charge in [-0.15, -0.1) is 0 Å². The van der Waals surface area contributed by atoms with Crippen molar-refractivity contribution in [3.63, 3.8) is 0 Å². The summed E-state index contributed by atoms with van der Waals surface area (Å²) >= 11 is 0. The first-order valence-corrected chi connectivity index (χ1v) is 8.69. The van der Waals surface area contributed by atoms with Crippen molar-refractivity contribution in [1.82, 2.24) is 4.31 Å². The molecule has 1 N–H and O–H groups in total. The van der Waals surface area contributed by atoms with Crippen molar-refractivity contribution in [2.75, 3.05) is 13.0 Å². The molecule has 0 atom stereocenters. The largest absolute Gasteiger partial charge is 0.480 e. The maximum atomic E-state index is 14.2. The highest BCUT2D eigenvalue weighted by atomic mass is 32.2. The van der Waals surface area contributed by atoms with Crippen molar-refractivity contribution in [3.05, 3.63) is 0 Å². The van der Waals surface area contributed by atoms with Gasteiger partial charge in [-0.1, -0.05) is 6.85 Å². The lowest BCUT2D eigenvalue weighted by molar-refractivity contribution is -0.458. The highest BCUT2D eigenvalue weighted by Gasteiger charge is 2.96. The minimum atomic E-state index is -9.18. The number of nitrogens with zero attached hydrogens (tertiary/aromatic N) is 1. The van der Waals surface area contributed by atoms with Crippen molar-refractivity contribution < 1.29 is 99.8 Å². The Bertz CT molecular complexity index is 1090. The molecule has 0 radical (unpaired) electrons. The zero-order valence-corrected chi connectivity index (χ0v) is 16.0. The minimum Gasteiger partial charge on any atom is -0.480 e. The Hall–Kier alpha value is -1.81. The highest BCUT2D eigenvalue weighted by Crippen LogP contribution is 2.64. The average molecular weight is 590 g/mol. The normalized spacial score (nSPS) is 19.0. The molecule has 0 amide bonds. The lowest BCUT2D eigenvalue weighted by Crippen LogP contribution is -2.75. The van der Waals surface area contributed by atoms with Gasteiger partial charge in [0.05, 0.1) is 0 Å². The Kier molecular flexibility index (Phi) is 6.14. The number of carboxylic acids is 1. The van der Waals surface area contributed by atoms with Gasteiger partial charge in [-0.25, -0.2) is 8.42 Å². The third-order valence-electron chi connectivity index (χ3n) is 3.71. The average Bonchev–Trinajstić information content (AvgIpc) is 2.68. The molecule has 0 aliphatic heterocycles. The number of carbonyl (C=O) groups is 1. The second-order valence-corrected chi connectivity index (χ2v) is 7.88. The van der Waals surface area contributed by atoms with Crippen LogP contribution in [0.4, 0.5) is 74.6 Å². The van der Waals surface area contributed by atoms with Gasteiger partial charge in [-0.2, -0.15) is 78.9 Å². The molecule has 0 heterocycles. The van der Waals surface area contributed by atoms with Crippen LogP contribution in [-0.2, 0) is 14.8 Å². The summed E-state index contributed by atoms with van der Waals surface area (Å²) in [5.41, 5.74) is 0. The summed E-state index contributed by atoms with van der Waals surface area (Å²) < 4.78 is 282. The molecule has 0 saturated heterocycles. The maximum absolute atomic E-state index is 14.2. The summed E-state index contributed by atoms with van der Waals surface area (Å²) in [6.07, 6.45) is -8.03. The molecule has 0 saturated carbocycles. The third-order valence-corrected chi connectivity index (χ3v) is 5.42. The van der Waals surface area contributed by atoms with E-state index >= 15 is 0 Å². The minimum absolute atomic E-state index is 2.39. The van der Waals surface area contributed by atoms with Crippen LogP contribution in [-0.4, -0.2) is 83.8 Å². The number of likely N-dealkylation sites (N-methyl/N-ethyl adjacent to an activating group) is 1. The topological polar surface area (TPSA) is 74.7 Å². The Morgan fingerprint density at radius 2 is 1.03 bits per heavy atom. The quantitative estimate of drug-likeness (QED) is 0.355. The van der Waals surface area contributed by atoms with Crippen LogP contribution in [0.25, 0.3) is 0 Å². The van der Waals surface area contributed by atoms with Crippen LogP contribution < -0.4 is 0 Å². The monoisotopic (exact) mass is 590 g/mol. The number of rotatable bonds is 11. The number of hydrogen-bond acceptors (Lipinski definition) is 3. The Labute approximate surface area is 188 Å². The molecule has 0 aromatic rings. The van der Waals surface area contributed by atoms with Crippen LogP contribution in [0.15, 0.2) is 0 Å². The van der Waals surface area contributed by atoms with E-state index in [1.165, 1.54) is 0 Å². The Balaban J connectivity index is 7.44. The van der Waals surface area contributed by atoms with Gasteiger partial charge in [0, 0.05) is 13.4 Å². The summed E-state index contributed by atoms with van der Waals surface area (Å²) in [5, 5.41) is 0.135. The second-order valence-electron chi connectivity index (χ2n) is 5.98. The predicted molar refractivity (Wildman–Crippen MR) is 74.5 cm³/mol. The first-order valence-electron chi connectivity index (χ1n) is 9.75.